The molecule has 0 bridgehead atoms. The molecule has 0 heterocycles. The largest absolute Gasteiger partial charge is 0.355 e. The van der Waals surface area contributed by atoms with Crippen LogP contribution in [0.15, 0.2) is 133 Å². The normalized spacial score (nSPS) is 16.8. The first-order valence-corrected chi connectivity index (χ1v) is 15.7. The van der Waals surface area contributed by atoms with E-state index in [0.29, 0.717) is 0 Å². The molecule has 43 heavy (non-hydrogen) atoms. The lowest BCUT2D eigenvalue weighted by atomic mass is 9.70. The zero-order chi connectivity index (χ0) is 28.2. The Morgan fingerprint density at radius 1 is 0.372 bits per heavy atom. The van der Waals surface area contributed by atoms with Gasteiger partial charge in [-0.15, -0.1) is 0 Å². The first-order chi connectivity index (χ1) is 21.3. The quantitative estimate of drug-likeness (QED) is 0.226. The van der Waals surface area contributed by atoms with Gasteiger partial charge in [-0.25, -0.2) is 0 Å². The maximum atomic E-state index is 3.84. The highest BCUT2D eigenvalue weighted by atomic mass is 14.9. The van der Waals surface area contributed by atoms with E-state index < -0.39 is 0 Å². The highest BCUT2D eigenvalue weighted by Gasteiger charge is 2.51. The van der Waals surface area contributed by atoms with Crippen molar-refractivity contribution in [2.75, 3.05) is 5.32 Å². The Morgan fingerprint density at radius 2 is 0.814 bits per heavy atom. The van der Waals surface area contributed by atoms with Gasteiger partial charge in [0.25, 0.3) is 0 Å². The topological polar surface area (TPSA) is 12.0 Å². The Labute approximate surface area is 252 Å². The van der Waals surface area contributed by atoms with E-state index in [-0.39, 0.29) is 10.8 Å². The van der Waals surface area contributed by atoms with E-state index in [4.69, 9.17) is 0 Å². The molecule has 0 atom stereocenters. The van der Waals surface area contributed by atoms with Crippen LogP contribution in [-0.2, 0) is 10.8 Å². The van der Waals surface area contributed by atoms with Crippen LogP contribution in [0.25, 0.3) is 33.4 Å². The smallest absolute Gasteiger partial charge is 0.0725 e. The molecular formula is C42H31N. The maximum absolute atomic E-state index is 3.84. The van der Waals surface area contributed by atoms with Crippen LogP contribution in [0.4, 0.5) is 11.4 Å². The van der Waals surface area contributed by atoms with Crippen molar-refractivity contribution < 1.29 is 0 Å². The van der Waals surface area contributed by atoms with Gasteiger partial charge in [0, 0.05) is 16.8 Å². The highest BCUT2D eigenvalue weighted by Crippen LogP contribution is 2.63. The van der Waals surface area contributed by atoms with Gasteiger partial charge >= 0.3 is 0 Å². The number of hydrogen-bond donors (Lipinski definition) is 1. The summed E-state index contributed by atoms with van der Waals surface area (Å²) in [4.78, 5) is 0. The first-order valence-electron chi connectivity index (χ1n) is 15.7. The highest BCUT2D eigenvalue weighted by molar-refractivity contribution is 5.96. The van der Waals surface area contributed by atoms with Crippen molar-refractivity contribution in [3.63, 3.8) is 0 Å². The summed E-state index contributed by atoms with van der Waals surface area (Å²) in [6.07, 6.45) is 5.12. The summed E-state index contributed by atoms with van der Waals surface area (Å²) in [5.74, 6) is 0. The second-order valence-electron chi connectivity index (χ2n) is 12.9. The zero-order valence-corrected chi connectivity index (χ0v) is 24.0. The molecule has 6 aromatic rings. The predicted molar refractivity (Wildman–Crippen MR) is 177 cm³/mol. The number of nitrogens with one attached hydrogen (secondary N) is 1. The van der Waals surface area contributed by atoms with Crippen molar-refractivity contribution in [2.45, 2.75) is 36.5 Å². The Kier molecular flexibility index (Phi) is 4.60. The van der Waals surface area contributed by atoms with Gasteiger partial charge in [0.15, 0.2) is 0 Å². The lowest BCUT2D eigenvalue weighted by Gasteiger charge is -2.30. The van der Waals surface area contributed by atoms with Crippen molar-refractivity contribution in [1.82, 2.24) is 0 Å². The molecule has 4 aliphatic carbocycles. The summed E-state index contributed by atoms with van der Waals surface area (Å²) in [6, 6.07) is 50.3. The molecule has 1 N–H and O–H groups in total. The maximum Gasteiger partial charge on any atom is 0.0725 e. The van der Waals surface area contributed by atoms with Crippen LogP contribution in [0.2, 0.25) is 0 Å². The van der Waals surface area contributed by atoms with Gasteiger partial charge in [0.1, 0.15) is 0 Å². The summed E-state index contributed by atoms with van der Waals surface area (Å²) in [7, 11) is 0. The molecule has 0 saturated heterocycles. The summed E-state index contributed by atoms with van der Waals surface area (Å²) >= 11 is 0. The second kappa shape index (κ2) is 8.36. The van der Waals surface area contributed by atoms with Crippen LogP contribution in [0, 0.1) is 0 Å². The average molecular weight is 550 g/mol. The first kappa shape index (κ1) is 23.7. The molecule has 6 aromatic carbocycles. The average Bonchev–Trinajstić information content (AvgIpc) is 3.81. The minimum atomic E-state index is -0.286. The van der Waals surface area contributed by atoms with Crippen LogP contribution in [0.1, 0.15) is 59.1 Å². The molecule has 0 amide bonds. The van der Waals surface area contributed by atoms with E-state index >= 15 is 0 Å². The molecule has 2 spiro atoms. The number of anilines is 2. The van der Waals surface area contributed by atoms with E-state index in [1.807, 2.05) is 0 Å². The fraction of sp³-hybridized carbons (Fsp3) is 0.143. The minimum absolute atomic E-state index is 0.177. The molecule has 0 aromatic heterocycles. The Bertz CT molecular complexity index is 2080. The van der Waals surface area contributed by atoms with E-state index in [9.17, 15) is 0 Å². The fourth-order valence-corrected chi connectivity index (χ4v) is 9.39. The van der Waals surface area contributed by atoms with Crippen molar-refractivity contribution in [1.29, 1.82) is 0 Å². The predicted octanol–water partition coefficient (Wildman–Crippen LogP) is 10.6. The number of rotatable bonds is 2. The van der Waals surface area contributed by atoms with Crippen LogP contribution >= 0.6 is 0 Å². The lowest BCUT2D eigenvalue weighted by molar-refractivity contribution is 0.550. The monoisotopic (exact) mass is 549 g/mol. The molecular weight excluding hydrogens is 518 g/mol. The number of fused-ring (bicyclic) bond motifs is 15. The molecule has 0 radical (unpaired) electrons. The third-order valence-corrected chi connectivity index (χ3v) is 11.0. The molecule has 10 rings (SSSR count). The van der Waals surface area contributed by atoms with Gasteiger partial charge in [0.2, 0.25) is 0 Å². The van der Waals surface area contributed by atoms with Gasteiger partial charge in [0.05, 0.1) is 5.41 Å². The van der Waals surface area contributed by atoms with Gasteiger partial charge < -0.3 is 5.32 Å². The van der Waals surface area contributed by atoms with E-state index in [1.165, 1.54) is 98.1 Å². The molecule has 0 unspecified atom stereocenters. The summed E-state index contributed by atoms with van der Waals surface area (Å²) in [6.45, 7) is 0. The van der Waals surface area contributed by atoms with E-state index in [2.05, 4.69) is 139 Å². The fourth-order valence-electron chi connectivity index (χ4n) is 9.39. The van der Waals surface area contributed by atoms with Crippen molar-refractivity contribution >= 4 is 11.4 Å². The molecule has 4 aliphatic rings. The molecule has 0 aliphatic heterocycles. The Morgan fingerprint density at radius 3 is 1.44 bits per heavy atom. The SMILES string of the molecule is c1ccc2c(c1)-c1ccc(Nc3ccc4c(c3)-c3ccccc3C43c4ccccc4-c4ccccc43)cc1C21CCCC1. The van der Waals surface area contributed by atoms with Crippen molar-refractivity contribution in [3.05, 3.63) is 167 Å². The summed E-state index contributed by atoms with van der Waals surface area (Å²) in [5.41, 5.74) is 19.0. The standard InChI is InChI=1S/C42H31N/c1-5-15-35-29(11-1)33-21-19-28(26-40(33)41(35)23-9-10-24-41)43-27-20-22-39-34(25-27)32-14-4-8-18-38(32)42(39)36-16-6-2-12-30(36)31-13-3-7-17-37(31)42/h1-8,11-22,25-26,43H,9-10,23-24H2. The van der Waals surface area contributed by atoms with Gasteiger partial charge in [-0.05, 0) is 104 Å². The van der Waals surface area contributed by atoms with Crippen molar-refractivity contribution in [2.24, 2.45) is 0 Å². The van der Waals surface area contributed by atoms with Crippen LogP contribution in [0.3, 0.4) is 0 Å². The van der Waals surface area contributed by atoms with Crippen molar-refractivity contribution in [3.8, 4) is 33.4 Å². The minimum Gasteiger partial charge on any atom is -0.355 e. The summed E-state index contributed by atoms with van der Waals surface area (Å²) < 4.78 is 0. The van der Waals surface area contributed by atoms with Crippen LogP contribution in [-0.4, -0.2) is 0 Å². The Hall–Kier alpha value is -4.88. The van der Waals surface area contributed by atoms with Crippen LogP contribution < -0.4 is 5.32 Å². The van der Waals surface area contributed by atoms with E-state index in [0.717, 1.165) is 5.69 Å². The third-order valence-electron chi connectivity index (χ3n) is 11.0. The lowest BCUT2D eigenvalue weighted by Crippen LogP contribution is -2.25. The molecule has 1 saturated carbocycles. The number of benzene rings is 6. The molecule has 204 valence electrons. The molecule has 1 fully saturated rings. The van der Waals surface area contributed by atoms with E-state index in [1.54, 1.807) is 0 Å². The van der Waals surface area contributed by atoms with Gasteiger partial charge in [-0.1, -0.05) is 122 Å². The van der Waals surface area contributed by atoms with Crippen LogP contribution in [0.5, 0.6) is 0 Å². The molecule has 1 nitrogen and oxygen atoms in total. The van der Waals surface area contributed by atoms with Gasteiger partial charge in [-0.3, -0.25) is 0 Å². The molecule has 1 heteroatoms. The van der Waals surface area contributed by atoms with Gasteiger partial charge in [-0.2, -0.15) is 0 Å². The summed E-state index contributed by atoms with van der Waals surface area (Å²) in [5, 5.41) is 3.84. The third kappa shape index (κ3) is 2.88. The second-order valence-corrected chi connectivity index (χ2v) is 12.9. The zero-order valence-electron chi connectivity index (χ0n) is 24.0. The number of hydrogen-bond acceptors (Lipinski definition) is 1. The Balaban J connectivity index is 1.12.